The van der Waals surface area contributed by atoms with E-state index in [1.165, 1.54) is 0 Å². The number of rotatable bonds is 13. The fraction of sp³-hybridized carbons (Fsp3) is 0.250. The molecule has 1 unspecified atom stereocenters. The maximum Gasteiger partial charge on any atom is 0.321 e. The molecular weight excluding hydrogens is 500 g/mol. The largest absolute Gasteiger partial charge is 0.431 e. The minimum absolute atomic E-state index is 0.137. The molecular formula is C28H32N6O3S. The molecule has 0 aliphatic carbocycles. The number of aromatic nitrogens is 3. The SMILES string of the molecule is C=C(CCCCN)OC(=O)CS(O)(Cc1ccc(N=Nc2ccccc2)cc1)Cn1nnc2ccccc21. The number of ether oxygens (including phenoxy) is 1. The van der Waals surface area contributed by atoms with E-state index in [4.69, 9.17) is 10.5 Å². The molecule has 1 heterocycles. The molecule has 4 rings (SSSR count). The molecule has 0 bridgehead atoms. The lowest BCUT2D eigenvalue weighted by Crippen LogP contribution is -2.22. The van der Waals surface area contributed by atoms with Crippen LogP contribution in [-0.2, 0) is 21.2 Å². The van der Waals surface area contributed by atoms with E-state index >= 15 is 0 Å². The van der Waals surface area contributed by atoms with Crippen LogP contribution in [0.2, 0.25) is 0 Å². The molecule has 0 aliphatic heterocycles. The number of hydrogen-bond donors (Lipinski definition) is 2. The van der Waals surface area contributed by atoms with Gasteiger partial charge in [0.25, 0.3) is 0 Å². The number of fused-ring (bicyclic) bond motifs is 1. The highest BCUT2D eigenvalue weighted by Gasteiger charge is 2.28. The second kappa shape index (κ2) is 13.1. The molecule has 0 amide bonds. The van der Waals surface area contributed by atoms with Gasteiger partial charge in [0, 0.05) is 12.2 Å². The van der Waals surface area contributed by atoms with Gasteiger partial charge in [-0.15, -0.1) is 15.4 Å². The lowest BCUT2D eigenvalue weighted by Gasteiger charge is -2.33. The Morgan fingerprint density at radius 1 is 0.974 bits per heavy atom. The van der Waals surface area contributed by atoms with Gasteiger partial charge in [0.05, 0.1) is 28.5 Å². The summed E-state index contributed by atoms with van der Waals surface area (Å²) >= 11 is 0. The van der Waals surface area contributed by atoms with Gasteiger partial charge in [-0.05, 0) is 61.3 Å². The van der Waals surface area contributed by atoms with Gasteiger partial charge in [-0.25, -0.2) is 4.68 Å². The number of benzene rings is 3. The Kier molecular flexibility index (Phi) is 9.36. The van der Waals surface area contributed by atoms with Gasteiger partial charge in [0.2, 0.25) is 0 Å². The van der Waals surface area contributed by atoms with Crippen molar-refractivity contribution in [3.05, 3.63) is 96.8 Å². The van der Waals surface area contributed by atoms with Crippen molar-refractivity contribution in [3.63, 3.8) is 0 Å². The third-order valence-corrected chi connectivity index (χ3v) is 8.11. The van der Waals surface area contributed by atoms with E-state index in [1.54, 1.807) is 4.68 Å². The second-order valence-corrected chi connectivity index (χ2v) is 11.8. The molecule has 38 heavy (non-hydrogen) atoms. The minimum Gasteiger partial charge on any atom is -0.431 e. The summed E-state index contributed by atoms with van der Waals surface area (Å²) in [6, 6.07) is 24.4. The van der Waals surface area contributed by atoms with Gasteiger partial charge in [-0.3, -0.25) is 4.79 Å². The number of nitrogens with zero attached hydrogens (tertiary/aromatic N) is 5. The molecule has 3 N–H and O–H groups in total. The molecule has 9 nitrogen and oxygen atoms in total. The zero-order valence-corrected chi connectivity index (χ0v) is 22.0. The molecule has 4 aromatic rings. The first-order valence-corrected chi connectivity index (χ1v) is 14.5. The first kappa shape index (κ1) is 27.2. The highest BCUT2D eigenvalue weighted by Crippen LogP contribution is 2.49. The van der Waals surface area contributed by atoms with Crippen molar-refractivity contribution in [2.45, 2.75) is 30.9 Å². The Bertz CT molecular complexity index is 1390. The van der Waals surface area contributed by atoms with E-state index in [1.807, 2.05) is 78.9 Å². The zero-order chi connectivity index (χ0) is 26.8. The molecule has 0 spiro atoms. The van der Waals surface area contributed by atoms with Crippen molar-refractivity contribution >= 4 is 38.7 Å². The number of carbonyl (C=O) groups is 1. The molecule has 0 fully saturated rings. The predicted octanol–water partition coefficient (Wildman–Crippen LogP) is 6.47. The normalized spacial score (nSPS) is 13.8. The zero-order valence-electron chi connectivity index (χ0n) is 21.1. The standard InChI is InChI=1S/C28H32N6O3S/c1-22(9-7-8-18-29)37-28(35)20-38(36,21-34-27-13-6-5-12-26(27)32-33-34)19-23-14-16-25(17-15-23)31-30-24-10-3-2-4-11-24/h2-6,10-17,36H,1,7-9,18-21,29H2. The fourth-order valence-electron chi connectivity index (χ4n) is 3.89. The lowest BCUT2D eigenvalue weighted by atomic mass is 10.2. The number of carbonyl (C=O) groups excluding carboxylic acids is 1. The Labute approximate surface area is 223 Å². The van der Waals surface area contributed by atoms with Gasteiger partial charge in [0.15, 0.2) is 0 Å². The van der Waals surface area contributed by atoms with Crippen LogP contribution in [0.25, 0.3) is 11.0 Å². The summed E-state index contributed by atoms with van der Waals surface area (Å²) in [6.45, 7) is 4.42. The summed E-state index contributed by atoms with van der Waals surface area (Å²) in [6.07, 6.45) is 2.16. The van der Waals surface area contributed by atoms with E-state index in [9.17, 15) is 9.35 Å². The van der Waals surface area contributed by atoms with Crippen molar-refractivity contribution in [2.24, 2.45) is 16.0 Å². The van der Waals surface area contributed by atoms with Gasteiger partial charge in [-0.2, -0.15) is 10.2 Å². The Morgan fingerprint density at radius 2 is 1.66 bits per heavy atom. The maximum atomic E-state index is 12.8. The summed E-state index contributed by atoms with van der Waals surface area (Å²) in [5.74, 6) is 0.110. The quantitative estimate of drug-likeness (QED) is 0.0879. The molecule has 10 heteroatoms. The van der Waals surface area contributed by atoms with Crippen LogP contribution in [-0.4, -0.2) is 37.8 Å². The van der Waals surface area contributed by atoms with E-state index in [0.29, 0.717) is 24.4 Å². The summed E-state index contributed by atoms with van der Waals surface area (Å²) in [4.78, 5) is 12.8. The molecule has 0 radical (unpaired) electrons. The summed E-state index contributed by atoms with van der Waals surface area (Å²) in [5, 5.41) is 16.9. The lowest BCUT2D eigenvalue weighted by molar-refractivity contribution is -0.136. The van der Waals surface area contributed by atoms with Crippen LogP contribution in [0.15, 0.2) is 101 Å². The van der Waals surface area contributed by atoms with Crippen LogP contribution in [0.4, 0.5) is 11.4 Å². The van der Waals surface area contributed by atoms with Gasteiger partial charge < -0.3 is 15.0 Å². The van der Waals surface area contributed by atoms with Crippen LogP contribution in [0.5, 0.6) is 0 Å². The van der Waals surface area contributed by atoms with Crippen molar-refractivity contribution in [1.29, 1.82) is 0 Å². The average molecular weight is 533 g/mol. The Morgan fingerprint density at radius 3 is 2.39 bits per heavy atom. The molecule has 198 valence electrons. The fourth-order valence-corrected chi connectivity index (χ4v) is 6.13. The molecule has 1 atom stereocenters. The third kappa shape index (κ3) is 7.82. The van der Waals surface area contributed by atoms with Gasteiger partial charge in [0.1, 0.15) is 11.3 Å². The summed E-state index contributed by atoms with van der Waals surface area (Å²) in [7, 11) is -2.57. The van der Waals surface area contributed by atoms with Crippen LogP contribution >= 0.6 is 10.3 Å². The second-order valence-electron chi connectivity index (χ2n) is 8.96. The van der Waals surface area contributed by atoms with Crippen LogP contribution < -0.4 is 5.73 Å². The highest BCUT2D eigenvalue weighted by atomic mass is 32.3. The van der Waals surface area contributed by atoms with Gasteiger partial charge in [-0.1, -0.05) is 54.3 Å². The van der Waals surface area contributed by atoms with Crippen molar-refractivity contribution < 1.29 is 14.1 Å². The Balaban J connectivity index is 1.49. The monoisotopic (exact) mass is 532 g/mol. The first-order chi connectivity index (χ1) is 18.4. The molecule has 0 saturated carbocycles. The number of unbranched alkanes of at least 4 members (excludes halogenated alkanes) is 1. The number of esters is 1. The van der Waals surface area contributed by atoms with Crippen LogP contribution in [0, 0.1) is 0 Å². The van der Waals surface area contributed by atoms with Gasteiger partial charge >= 0.3 is 5.97 Å². The number of para-hydroxylation sites is 1. The van der Waals surface area contributed by atoms with E-state index in [-0.39, 0.29) is 17.4 Å². The highest BCUT2D eigenvalue weighted by molar-refractivity contribution is 8.28. The summed E-state index contributed by atoms with van der Waals surface area (Å²) < 4.78 is 18.9. The third-order valence-electron chi connectivity index (χ3n) is 5.75. The molecule has 1 aromatic heterocycles. The number of nitrogens with two attached hydrogens (primary N) is 1. The van der Waals surface area contributed by atoms with Crippen LogP contribution in [0.3, 0.4) is 0 Å². The van der Waals surface area contributed by atoms with Crippen molar-refractivity contribution in [3.8, 4) is 0 Å². The number of azo groups is 1. The van der Waals surface area contributed by atoms with Crippen molar-refractivity contribution in [1.82, 2.24) is 15.0 Å². The van der Waals surface area contributed by atoms with Crippen LogP contribution in [0.1, 0.15) is 24.8 Å². The first-order valence-electron chi connectivity index (χ1n) is 12.4. The number of allylic oxidation sites excluding steroid dienone is 1. The molecule has 0 saturated heterocycles. The minimum atomic E-state index is -2.57. The van der Waals surface area contributed by atoms with E-state index < -0.39 is 16.3 Å². The molecule has 3 aromatic carbocycles. The molecule has 0 aliphatic rings. The topological polar surface area (TPSA) is 128 Å². The Hall–Kier alpha value is -3.86. The predicted molar refractivity (Wildman–Crippen MR) is 152 cm³/mol. The summed E-state index contributed by atoms with van der Waals surface area (Å²) in [5.41, 5.74) is 9.36. The number of hydrogen-bond acceptors (Lipinski definition) is 8. The maximum absolute atomic E-state index is 12.8. The van der Waals surface area contributed by atoms with E-state index in [0.717, 1.165) is 35.1 Å². The average Bonchev–Trinajstić information content (AvgIpc) is 3.31. The van der Waals surface area contributed by atoms with Crippen molar-refractivity contribution in [2.75, 3.05) is 12.3 Å². The smallest absolute Gasteiger partial charge is 0.321 e. The van der Waals surface area contributed by atoms with E-state index in [2.05, 4.69) is 27.1 Å².